The molecule has 1 heterocycles. The molecule has 1 aliphatic heterocycles. The average molecular weight is 580 g/mol. The molecule has 7 amide bonds. The normalized spacial score (nSPS) is 12.8. The average Bonchev–Trinajstić information content (AvgIpc) is 3.28. The molecule has 0 saturated carbocycles. The van der Waals surface area contributed by atoms with Gasteiger partial charge in [-0.3, -0.25) is 38.5 Å². The summed E-state index contributed by atoms with van der Waals surface area (Å²) in [6.07, 6.45) is 4.32. The molecule has 0 bridgehead atoms. The fourth-order valence-electron chi connectivity index (χ4n) is 3.74. The van der Waals surface area contributed by atoms with Gasteiger partial charge in [0.1, 0.15) is 6.04 Å². The number of hydrogen-bond donors (Lipinski definition) is 5. The van der Waals surface area contributed by atoms with Crippen molar-refractivity contribution < 1.29 is 38.4 Å². The molecule has 1 atom stereocenters. The molecular formula is C27H33BN6O8. The molecule has 15 heteroatoms. The maximum atomic E-state index is 12.7. The van der Waals surface area contributed by atoms with E-state index < -0.39 is 48.4 Å². The number of nitrogens with one attached hydrogen (secondary N) is 5. The highest BCUT2D eigenvalue weighted by atomic mass is 16.2. The van der Waals surface area contributed by atoms with Crippen molar-refractivity contribution in [2.75, 3.05) is 32.7 Å². The molecule has 0 unspecified atom stereocenters. The fraction of sp³-hybridized carbons (Fsp3) is 0.407. The molecule has 42 heavy (non-hydrogen) atoms. The third-order valence-electron chi connectivity index (χ3n) is 5.90. The van der Waals surface area contributed by atoms with E-state index in [-0.39, 0.29) is 50.2 Å². The zero-order chi connectivity index (χ0) is 30.9. The van der Waals surface area contributed by atoms with Crippen molar-refractivity contribution >= 4 is 54.9 Å². The first-order valence-corrected chi connectivity index (χ1v) is 13.3. The number of rotatable bonds is 18. The predicted molar refractivity (Wildman–Crippen MR) is 149 cm³/mol. The number of nitrogens with zero attached hydrogens (tertiary/aromatic N) is 1. The van der Waals surface area contributed by atoms with Crippen LogP contribution in [-0.4, -0.2) is 98.5 Å². The molecule has 0 spiro atoms. The van der Waals surface area contributed by atoms with Gasteiger partial charge in [0.25, 0.3) is 11.8 Å². The minimum Gasteiger partial charge on any atom is -0.348 e. The first-order chi connectivity index (χ1) is 20.0. The molecule has 1 aromatic rings. The standard InChI is InChI=1S/C27H33BN6O8/c28-20(35)14-29-23(38)16-32-27(42)19(13-18-7-3-1-4-8-18)33-24(39)17-31-22(37)15-30-21(36)9-5-2-6-12-34-25(40)10-11-26(34)41/h1,3-4,7-8,10-11,19H,2,5-6,9,12-17H2,(H,29,38)(H,30,36)(H,31,37)(H,32,42)(H,33,39)/t19-/m0/s1. The van der Waals surface area contributed by atoms with E-state index in [1.807, 2.05) is 0 Å². The summed E-state index contributed by atoms with van der Waals surface area (Å²) in [4.78, 5) is 95.9. The van der Waals surface area contributed by atoms with Crippen molar-refractivity contribution in [1.82, 2.24) is 31.5 Å². The number of amides is 7. The van der Waals surface area contributed by atoms with E-state index in [0.717, 1.165) is 10.5 Å². The summed E-state index contributed by atoms with van der Waals surface area (Å²) in [5, 5.41) is 11.9. The van der Waals surface area contributed by atoms with Crippen molar-refractivity contribution in [2.45, 2.75) is 38.1 Å². The molecule has 1 aliphatic rings. The summed E-state index contributed by atoms with van der Waals surface area (Å²) >= 11 is 0. The Hall–Kier alpha value is -4.82. The molecule has 2 rings (SSSR count). The van der Waals surface area contributed by atoms with Gasteiger partial charge in [0, 0.05) is 31.5 Å². The first-order valence-electron chi connectivity index (χ1n) is 13.3. The van der Waals surface area contributed by atoms with Gasteiger partial charge in [0.2, 0.25) is 29.5 Å². The molecular weight excluding hydrogens is 547 g/mol. The Morgan fingerprint density at radius 2 is 1.26 bits per heavy atom. The molecule has 5 N–H and O–H groups in total. The molecule has 0 aromatic heterocycles. The summed E-state index contributed by atoms with van der Waals surface area (Å²) in [5.74, 6) is -3.67. The van der Waals surface area contributed by atoms with Crippen molar-refractivity contribution in [3.05, 3.63) is 48.0 Å². The molecule has 0 aliphatic carbocycles. The topological polar surface area (TPSA) is 200 Å². The Balaban J connectivity index is 1.70. The zero-order valence-electron chi connectivity index (χ0n) is 23.0. The summed E-state index contributed by atoms with van der Waals surface area (Å²) in [7, 11) is 4.96. The highest BCUT2D eigenvalue weighted by molar-refractivity contribution is 6.58. The van der Waals surface area contributed by atoms with Crippen molar-refractivity contribution in [3.8, 4) is 0 Å². The first kappa shape index (κ1) is 33.4. The monoisotopic (exact) mass is 580 g/mol. The lowest BCUT2D eigenvalue weighted by Gasteiger charge is -2.19. The Morgan fingerprint density at radius 1 is 0.690 bits per heavy atom. The quantitative estimate of drug-likeness (QED) is 0.0705. The van der Waals surface area contributed by atoms with E-state index in [4.69, 9.17) is 7.85 Å². The van der Waals surface area contributed by atoms with Crippen LogP contribution < -0.4 is 26.6 Å². The Kier molecular flexibility index (Phi) is 14.1. The molecule has 0 fully saturated rings. The van der Waals surface area contributed by atoms with E-state index >= 15 is 0 Å². The lowest BCUT2D eigenvalue weighted by molar-refractivity contribution is -0.137. The minimum absolute atomic E-state index is 0.104. The van der Waals surface area contributed by atoms with Crippen LogP contribution >= 0.6 is 0 Å². The summed E-state index contributed by atoms with van der Waals surface area (Å²) in [6.45, 7) is -1.38. The van der Waals surface area contributed by atoms with Crippen LogP contribution in [-0.2, 0) is 44.8 Å². The van der Waals surface area contributed by atoms with Gasteiger partial charge in [-0.15, -0.1) is 0 Å². The van der Waals surface area contributed by atoms with Crippen LogP contribution in [0.25, 0.3) is 0 Å². The van der Waals surface area contributed by atoms with Gasteiger partial charge in [0.05, 0.1) is 31.9 Å². The van der Waals surface area contributed by atoms with Gasteiger partial charge in [-0.1, -0.05) is 36.8 Å². The number of unbranched alkanes of at least 4 members (excludes halogenated alkanes) is 2. The van der Waals surface area contributed by atoms with Gasteiger partial charge in [0.15, 0.2) is 7.85 Å². The summed E-state index contributed by atoms with van der Waals surface area (Å²) < 4.78 is 0. The maximum absolute atomic E-state index is 12.7. The molecule has 0 saturated heterocycles. The van der Waals surface area contributed by atoms with Crippen LogP contribution in [0.15, 0.2) is 42.5 Å². The number of carbonyl (C=O) groups excluding carboxylic acids is 8. The van der Waals surface area contributed by atoms with Gasteiger partial charge in [-0.05, 0) is 18.4 Å². The number of benzene rings is 1. The Labute approximate surface area is 243 Å². The molecule has 2 radical (unpaired) electrons. The van der Waals surface area contributed by atoms with Crippen molar-refractivity contribution in [2.24, 2.45) is 0 Å². The van der Waals surface area contributed by atoms with Crippen LogP contribution in [0, 0.1) is 0 Å². The lowest BCUT2D eigenvalue weighted by atomic mass is 10.0. The largest absolute Gasteiger partial charge is 0.348 e. The Morgan fingerprint density at radius 3 is 1.90 bits per heavy atom. The van der Waals surface area contributed by atoms with Crippen LogP contribution in [0.5, 0.6) is 0 Å². The maximum Gasteiger partial charge on any atom is 0.253 e. The highest BCUT2D eigenvalue weighted by Gasteiger charge is 2.23. The molecule has 14 nitrogen and oxygen atoms in total. The van der Waals surface area contributed by atoms with Gasteiger partial charge >= 0.3 is 0 Å². The zero-order valence-corrected chi connectivity index (χ0v) is 23.0. The van der Waals surface area contributed by atoms with Crippen LogP contribution in [0.1, 0.15) is 31.2 Å². The van der Waals surface area contributed by atoms with E-state index in [1.54, 1.807) is 30.3 Å². The number of carbonyl (C=O) groups is 8. The van der Waals surface area contributed by atoms with E-state index in [0.29, 0.717) is 19.3 Å². The van der Waals surface area contributed by atoms with Crippen LogP contribution in [0.2, 0.25) is 0 Å². The second kappa shape index (κ2) is 17.8. The second-order valence-electron chi connectivity index (χ2n) is 9.30. The van der Waals surface area contributed by atoms with Gasteiger partial charge < -0.3 is 31.4 Å². The summed E-state index contributed by atoms with van der Waals surface area (Å²) in [6, 6.07) is 7.74. The number of imide groups is 1. The van der Waals surface area contributed by atoms with E-state index in [1.165, 1.54) is 12.2 Å². The van der Waals surface area contributed by atoms with E-state index in [2.05, 4.69) is 26.6 Å². The number of hydrogen-bond acceptors (Lipinski definition) is 8. The minimum atomic E-state index is -1.07. The van der Waals surface area contributed by atoms with Gasteiger partial charge in [-0.2, -0.15) is 0 Å². The fourth-order valence-corrected chi connectivity index (χ4v) is 3.74. The van der Waals surface area contributed by atoms with Crippen molar-refractivity contribution in [3.63, 3.8) is 0 Å². The molecule has 222 valence electrons. The SMILES string of the molecule is [B]C(=O)CNC(=O)CNC(=O)[C@H](Cc1ccccc1)NC(=O)CNC(=O)CNC(=O)CCCCCN1C(=O)C=CC1=O. The van der Waals surface area contributed by atoms with Crippen LogP contribution in [0.3, 0.4) is 0 Å². The second-order valence-corrected chi connectivity index (χ2v) is 9.30. The third-order valence-corrected chi connectivity index (χ3v) is 5.90. The third kappa shape index (κ3) is 13.0. The predicted octanol–water partition coefficient (Wildman–Crippen LogP) is -2.64. The van der Waals surface area contributed by atoms with Crippen LogP contribution in [0.4, 0.5) is 0 Å². The highest BCUT2D eigenvalue weighted by Crippen LogP contribution is 2.07. The van der Waals surface area contributed by atoms with E-state index in [9.17, 15) is 38.4 Å². The molecule has 1 aromatic carbocycles. The lowest BCUT2D eigenvalue weighted by Crippen LogP contribution is -2.52. The smallest absolute Gasteiger partial charge is 0.253 e. The summed E-state index contributed by atoms with van der Waals surface area (Å²) in [5.41, 5.74) is -0.0101. The van der Waals surface area contributed by atoms with Gasteiger partial charge in [-0.25, -0.2) is 0 Å². The van der Waals surface area contributed by atoms with Crippen molar-refractivity contribution in [1.29, 1.82) is 0 Å². The Bertz CT molecular complexity index is 1190.